The zero-order valence-electron chi connectivity index (χ0n) is 11.7. The molecule has 0 saturated carbocycles. The quantitative estimate of drug-likeness (QED) is 0.620. The Balaban J connectivity index is 1.88. The second kappa shape index (κ2) is 6.19. The molecule has 0 bridgehead atoms. The Morgan fingerprint density at radius 3 is 2.71 bits per heavy atom. The molecule has 1 aliphatic rings. The molecule has 0 N–H and O–H groups in total. The predicted molar refractivity (Wildman–Crippen MR) is 83.4 cm³/mol. The zero-order valence-corrected chi connectivity index (χ0v) is 11.7. The Bertz CT molecular complexity index is 692. The SMILES string of the molecule is C=CCC(C#Cc1ccccc1)c1ccc2c(c1)OCO2. The number of fused-ring (bicyclic) bond motifs is 1. The minimum absolute atomic E-state index is 0.109. The maximum absolute atomic E-state index is 5.43. The molecule has 0 radical (unpaired) electrons. The first-order chi connectivity index (χ1) is 10.4. The van der Waals surface area contributed by atoms with Crippen molar-refractivity contribution in [3.63, 3.8) is 0 Å². The summed E-state index contributed by atoms with van der Waals surface area (Å²) in [5.41, 5.74) is 2.15. The summed E-state index contributed by atoms with van der Waals surface area (Å²) in [6.07, 6.45) is 2.70. The molecule has 1 unspecified atom stereocenters. The number of hydrogen-bond acceptors (Lipinski definition) is 2. The lowest BCUT2D eigenvalue weighted by Gasteiger charge is -2.09. The van der Waals surface area contributed by atoms with Gasteiger partial charge in [-0.1, -0.05) is 42.2 Å². The van der Waals surface area contributed by atoms with E-state index in [1.54, 1.807) is 0 Å². The molecular formula is C19H16O2. The molecule has 0 spiro atoms. The van der Waals surface area contributed by atoms with Crippen molar-refractivity contribution in [1.29, 1.82) is 0 Å². The van der Waals surface area contributed by atoms with Crippen molar-refractivity contribution in [1.82, 2.24) is 0 Å². The third-order valence-electron chi connectivity index (χ3n) is 3.37. The summed E-state index contributed by atoms with van der Waals surface area (Å²) in [4.78, 5) is 0. The summed E-state index contributed by atoms with van der Waals surface area (Å²) in [5.74, 6) is 8.25. The molecule has 0 aliphatic carbocycles. The summed E-state index contributed by atoms with van der Waals surface area (Å²) < 4.78 is 10.8. The van der Waals surface area contributed by atoms with Crippen LogP contribution >= 0.6 is 0 Å². The largest absolute Gasteiger partial charge is 0.454 e. The van der Waals surface area contributed by atoms with Crippen molar-refractivity contribution in [2.45, 2.75) is 12.3 Å². The maximum atomic E-state index is 5.43. The van der Waals surface area contributed by atoms with Crippen molar-refractivity contribution in [3.8, 4) is 23.3 Å². The monoisotopic (exact) mass is 276 g/mol. The van der Waals surface area contributed by atoms with Crippen LogP contribution in [-0.4, -0.2) is 6.79 Å². The van der Waals surface area contributed by atoms with Crippen LogP contribution in [0.1, 0.15) is 23.5 Å². The van der Waals surface area contributed by atoms with Gasteiger partial charge in [-0.05, 0) is 36.2 Å². The number of hydrogen-bond donors (Lipinski definition) is 0. The molecule has 0 fully saturated rings. The molecule has 21 heavy (non-hydrogen) atoms. The second-order valence-electron chi connectivity index (χ2n) is 4.83. The van der Waals surface area contributed by atoms with Crippen LogP contribution in [0.4, 0.5) is 0 Å². The van der Waals surface area contributed by atoms with Crippen LogP contribution in [0.3, 0.4) is 0 Å². The van der Waals surface area contributed by atoms with E-state index in [2.05, 4.69) is 18.4 Å². The first-order valence-corrected chi connectivity index (χ1v) is 6.94. The lowest BCUT2D eigenvalue weighted by molar-refractivity contribution is 0.174. The molecule has 2 aromatic rings. The Labute approximate surface area is 125 Å². The summed E-state index contributed by atoms with van der Waals surface area (Å²) in [6.45, 7) is 4.12. The second-order valence-corrected chi connectivity index (χ2v) is 4.83. The smallest absolute Gasteiger partial charge is 0.231 e. The summed E-state index contributed by atoms with van der Waals surface area (Å²) in [7, 11) is 0. The van der Waals surface area contributed by atoms with Crippen molar-refractivity contribution in [2.24, 2.45) is 0 Å². The van der Waals surface area contributed by atoms with Crippen molar-refractivity contribution in [3.05, 3.63) is 72.3 Å². The van der Waals surface area contributed by atoms with E-state index in [4.69, 9.17) is 9.47 Å². The predicted octanol–water partition coefficient (Wildman–Crippen LogP) is 4.13. The molecule has 1 atom stereocenters. The average molecular weight is 276 g/mol. The van der Waals surface area contributed by atoms with Crippen molar-refractivity contribution in [2.75, 3.05) is 6.79 Å². The van der Waals surface area contributed by atoms with Gasteiger partial charge in [0.15, 0.2) is 11.5 Å². The number of ether oxygens (including phenoxy) is 2. The highest BCUT2D eigenvalue weighted by Gasteiger charge is 2.16. The first kappa shape index (κ1) is 13.3. The van der Waals surface area contributed by atoms with Gasteiger partial charge in [0.1, 0.15) is 0 Å². The van der Waals surface area contributed by atoms with Gasteiger partial charge in [-0.25, -0.2) is 0 Å². The minimum atomic E-state index is 0.109. The normalized spacial score (nSPS) is 13.1. The summed E-state index contributed by atoms with van der Waals surface area (Å²) in [6, 6.07) is 16.0. The number of benzene rings is 2. The molecule has 2 heteroatoms. The number of allylic oxidation sites excluding steroid dienone is 1. The van der Waals surface area contributed by atoms with E-state index in [0.29, 0.717) is 6.79 Å². The van der Waals surface area contributed by atoms with Crippen LogP contribution < -0.4 is 9.47 Å². The van der Waals surface area contributed by atoms with Gasteiger partial charge in [-0.2, -0.15) is 0 Å². The van der Waals surface area contributed by atoms with Gasteiger partial charge in [-0.3, -0.25) is 0 Å². The Morgan fingerprint density at radius 1 is 1.10 bits per heavy atom. The molecule has 2 aromatic carbocycles. The van der Waals surface area contributed by atoms with Crippen LogP contribution in [0.15, 0.2) is 61.2 Å². The molecule has 0 aromatic heterocycles. The van der Waals surface area contributed by atoms with E-state index in [1.807, 2.05) is 54.6 Å². The molecule has 0 saturated heterocycles. The van der Waals surface area contributed by atoms with E-state index in [0.717, 1.165) is 29.0 Å². The highest BCUT2D eigenvalue weighted by atomic mass is 16.7. The van der Waals surface area contributed by atoms with Crippen LogP contribution in [0, 0.1) is 11.8 Å². The van der Waals surface area contributed by atoms with Crippen LogP contribution in [-0.2, 0) is 0 Å². The topological polar surface area (TPSA) is 18.5 Å². The van der Waals surface area contributed by atoms with Gasteiger partial charge in [0, 0.05) is 11.5 Å². The standard InChI is InChI=1S/C19H16O2/c1-2-6-16(10-9-15-7-4-3-5-8-15)17-11-12-18-19(13-17)21-14-20-18/h2-5,7-8,11-13,16H,1,6,14H2. The van der Waals surface area contributed by atoms with E-state index in [1.165, 1.54) is 0 Å². The Kier molecular flexibility index (Phi) is 3.93. The average Bonchev–Trinajstić information content (AvgIpc) is 3.00. The third-order valence-corrected chi connectivity index (χ3v) is 3.37. The van der Waals surface area contributed by atoms with Crippen molar-refractivity contribution >= 4 is 0 Å². The molecule has 104 valence electrons. The Morgan fingerprint density at radius 2 is 1.90 bits per heavy atom. The minimum Gasteiger partial charge on any atom is -0.454 e. The molecule has 3 rings (SSSR count). The molecule has 2 nitrogen and oxygen atoms in total. The van der Waals surface area contributed by atoms with Crippen LogP contribution in [0.2, 0.25) is 0 Å². The van der Waals surface area contributed by atoms with Crippen molar-refractivity contribution < 1.29 is 9.47 Å². The van der Waals surface area contributed by atoms with Gasteiger partial charge >= 0.3 is 0 Å². The lowest BCUT2D eigenvalue weighted by Crippen LogP contribution is -1.95. The summed E-state index contributed by atoms with van der Waals surface area (Å²) in [5, 5.41) is 0. The fourth-order valence-electron chi connectivity index (χ4n) is 2.27. The lowest BCUT2D eigenvalue weighted by atomic mass is 9.95. The zero-order chi connectivity index (χ0) is 14.5. The third kappa shape index (κ3) is 3.09. The Hall–Kier alpha value is -2.66. The fraction of sp³-hybridized carbons (Fsp3) is 0.158. The van der Waals surface area contributed by atoms with Crippen LogP contribution in [0.5, 0.6) is 11.5 Å². The molecular weight excluding hydrogens is 260 g/mol. The van der Waals surface area contributed by atoms with E-state index >= 15 is 0 Å². The molecule has 1 heterocycles. The van der Waals surface area contributed by atoms with Gasteiger partial charge in [0.25, 0.3) is 0 Å². The maximum Gasteiger partial charge on any atom is 0.231 e. The highest BCUT2D eigenvalue weighted by molar-refractivity contribution is 5.47. The van der Waals surface area contributed by atoms with E-state index in [9.17, 15) is 0 Å². The summed E-state index contributed by atoms with van der Waals surface area (Å²) >= 11 is 0. The number of rotatable bonds is 3. The van der Waals surface area contributed by atoms with E-state index in [-0.39, 0.29) is 5.92 Å². The van der Waals surface area contributed by atoms with Gasteiger partial charge < -0.3 is 9.47 Å². The van der Waals surface area contributed by atoms with Gasteiger partial charge in [0.2, 0.25) is 6.79 Å². The molecule has 1 aliphatic heterocycles. The highest BCUT2D eigenvalue weighted by Crippen LogP contribution is 2.35. The first-order valence-electron chi connectivity index (χ1n) is 6.94. The van der Waals surface area contributed by atoms with Gasteiger partial charge in [-0.15, -0.1) is 6.58 Å². The molecule has 0 amide bonds. The van der Waals surface area contributed by atoms with Gasteiger partial charge in [0.05, 0.1) is 0 Å². The fourth-order valence-corrected chi connectivity index (χ4v) is 2.27. The van der Waals surface area contributed by atoms with Crippen LogP contribution in [0.25, 0.3) is 0 Å². The van der Waals surface area contributed by atoms with E-state index < -0.39 is 0 Å².